The molecule has 5 aromatic carbocycles. The molecular weight excluding hydrogens is 1410 g/mol. The molecule has 0 bridgehead atoms. The average molecular weight is 1480 g/mol. The maximum absolute atomic E-state index is 13.6. The second-order valence-corrected chi connectivity index (χ2v) is 26.6. The van der Waals surface area contributed by atoms with Crippen LogP contribution in [0.2, 0.25) is 0 Å². The summed E-state index contributed by atoms with van der Waals surface area (Å²) in [6.07, 6.45) is 2.94. The van der Waals surface area contributed by atoms with E-state index in [4.69, 9.17) is 36.9 Å². The summed E-state index contributed by atoms with van der Waals surface area (Å²) in [7, 11) is 1.15. The number of phenolic OH excluding ortho intramolecular Hbond substituents is 2. The van der Waals surface area contributed by atoms with Crippen LogP contribution in [-0.2, 0) is 63.2 Å². The van der Waals surface area contributed by atoms with E-state index >= 15 is 0 Å². The third-order valence-corrected chi connectivity index (χ3v) is 19.5. The number of benzene rings is 5. The standard InChI is InChI=1S/C73H75N15O18S/c1-103-69(101)56(82-60(92)26-9-39(66(96)97)30-44(89)17-23-55(67(98)99)83-64(94)38-5-10-40(11-6-38)78-34-42-35-79-62-61(80-42)65(95)85-70(74)84-62)4-2-3-27-75-63(93)37-7-13-43(14-8-37)88-57-25-19-48-47(18-24-54(57)86-87-88)50(48)36-104-72(102)77-29-28-76-71(107)81-41-12-20-51-49(31-41)68(100)106-73(51)52-21-15-45(90)32-58(52)105-59-33-46(91)16-22-53(59)73/h5-8,10-16,20-22,31-33,35,39,47-48,50,55-56,78,90-91H,2-4,9,17-19,23-30,34,36H2,1H3,(H,75,93)(H,77,102)(H,82,92)(H,83,94)(H,96,97)(H,98,99)(H2,76,81,107)(H3,74,79,84,85,95)/t39-,47+,48-,50+,55+,56+/m1/s1. The Kier molecular flexibility index (Phi) is 22.6. The monoisotopic (exact) mass is 1480 g/mol. The maximum Gasteiger partial charge on any atom is 0.407 e. The first-order chi connectivity index (χ1) is 51.5. The molecule has 1 saturated carbocycles. The van der Waals surface area contributed by atoms with E-state index < -0.39 is 89.9 Å². The number of amides is 4. The number of fused-ring (bicyclic) bond motifs is 9. The van der Waals surface area contributed by atoms with Crippen LogP contribution >= 0.6 is 12.2 Å². The van der Waals surface area contributed by atoms with Gasteiger partial charge in [-0.25, -0.2) is 33.8 Å². The van der Waals surface area contributed by atoms with Crippen molar-refractivity contribution in [3.63, 3.8) is 0 Å². The second-order valence-electron chi connectivity index (χ2n) is 26.2. The topological polar surface area (TPSA) is 484 Å². The third-order valence-electron chi connectivity index (χ3n) is 19.2. The molecule has 556 valence electrons. The number of phenols is 2. The zero-order chi connectivity index (χ0) is 75.6. The fraction of sp³-hybridized carbons (Fsp3) is 0.342. The summed E-state index contributed by atoms with van der Waals surface area (Å²) in [5.41, 5.74) is 10.7. The van der Waals surface area contributed by atoms with Crippen molar-refractivity contribution in [3.05, 3.63) is 160 Å². The Morgan fingerprint density at radius 3 is 2.11 bits per heavy atom. The lowest BCUT2D eigenvalue weighted by Crippen LogP contribution is -2.42. The van der Waals surface area contributed by atoms with Crippen molar-refractivity contribution < 1.29 is 87.6 Å². The molecule has 3 aromatic heterocycles. The first-order valence-electron chi connectivity index (χ1n) is 34.5. The van der Waals surface area contributed by atoms with Crippen LogP contribution in [0.3, 0.4) is 0 Å². The van der Waals surface area contributed by atoms with Gasteiger partial charge >= 0.3 is 30.0 Å². The fourth-order valence-corrected chi connectivity index (χ4v) is 13.9. The average Bonchev–Trinajstić information content (AvgIpc) is 1.59. The zero-order valence-corrected chi connectivity index (χ0v) is 58.4. The number of nitrogen functional groups attached to an aromatic ring is 1. The van der Waals surface area contributed by atoms with Gasteiger partial charge in [-0.1, -0.05) is 11.3 Å². The summed E-state index contributed by atoms with van der Waals surface area (Å²) >= 11 is 5.54. The number of carbonyl (C=O) groups excluding carboxylic acids is 7. The normalized spacial score (nSPS) is 16.3. The number of aliphatic carboxylic acids is 2. The maximum atomic E-state index is 13.6. The number of anilines is 3. The molecule has 33 nitrogen and oxygen atoms in total. The van der Waals surface area contributed by atoms with Crippen molar-refractivity contribution in [2.45, 2.75) is 101 Å². The van der Waals surface area contributed by atoms with Crippen LogP contribution in [0.1, 0.15) is 129 Å². The SMILES string of the molecule is COC(=O)[C@H](CCCCNC(=O)c1ccc(-n2nnc3c2CC[C@@H]2[C@H](CC3)[C@@H]2COC(=O)NCCNC(=S)Nc2ccc3c(c2)C(=O)OC32c3ccc(O)cc3Oc3cc(O)ccc32)cc1)NC(=O)CC[C@H](CC(=O)CC[C@H](NC(=O)c1ccc(NCc2cnc3nc(N)nc(O)c3n2)cc1)C(=O)O)C(=O)O. The highest BCUT2D eigenvalue weighted by Crippen LogP contribution is 2.57. The minimum Gasteiger partial charge on any atom is -0.508 e. The number of carbonyl (C=O) groups is 9. The molecule has 6 atom stereocenters. The number of nitrogens with zero attached hydrogens (tertiary/aromatic N) is 7. The van der Waals surface area contributed by atoms with Gasteiger partial charge in [-0.15, -0.1) is 5.10 Å². The molecule has 34 heteroatoms. The number of hydrogen-bond donors (Lipinski definition) is 13. The minimum absolute atomic E-state index is 0.0506. The van der Waals surface area contributed by atoms with E-state index in [1.54, 1.807) is 71.4 Å². The largest absolute Gasteiger partial charge is 0.508 e. The number of unbranched alkanes of at least 4 members (excludes halogenated alkanes) is 1. The summed E-state index contributed by atoms with van der Waals surface area (Å²) < 4.78 is 24.6. The number of carboxylic acids is 2. The molecule has 1 spiro atoms. The molecule has 2 aliphatic heterocycles. The van der Waals surface area contributed by atoms with Crippen LogP contribution in [0.5, 0.6) is 28.9 Å². The van der Waals surface area contributed by atoms with Crippen LogP contribution in [0, 0.1) is 23.7 Å². The number of nitrogens with two attached hydrogens (primary N) is 1. The number of rotatable bonds is 30. The van der Waals surface area contributed by atoms with Gasteiger partial charge in [0.15, 0.2) is 21.9 Å². The summed E-state index contributed by atoms with van der Waals surface area (Å²) in [5.74, 6) is -7.05. The lowest BCUT2D eigenvalue weighted by molar-refractivity contribution is -0.146. The smallest absolute Gasteiger partial charge is 0.407 e. The Morgan fingerprint density at radius 1 is 0.720 bits per heavy atom. The fourth-order valence-electron chi connectivity index (χ4n) is 13.7. The van der Waals surface area contributed by atoms with Crippen LogP contribution < -0.4 is 47.7 Å². The molecular formula is C73H75N15O18S. The molecule has 14 N–H and O–H groups in total. The van der Waals surface area contributed by atoms with E-state index in [1.807, 2.05) is 0 Å². The number of nitrogens with one attached hydrogen (secondary N) is 7. The minimum atomic E-state index is -1.50. The molecule has 1 fully saturated rings. The van der Waals surface area contributed by atoms with Crippen molar-refractivity contribution in [2.75, 3.05) is 49.7 Å². The molecule has 8 aromatic rings. The first-order valence-corrected chi connectivity index (χ1v) is 34.9. The zero-order valence-electron chi connectivity index (χ0n) is 57.5. The third kappa shape index (κ3) is 17.3. The van der Waals surface area contributed by atoms with Gasteiger partial charge in [-0.2, -0.15) is 9.97 Å². The first kappa shape index (κ1) is 74.1. The highest BCUT2D eigenvalue weighted by molar-refractivity contribution is 7.80. The van der Waals surface area contributed by atoms with Crippen LogP contribution in [-0.4, -0.2) is 164 Å². The molecule has 5 heterocycles. The number of methoxy groups -OCH3 is 1. The van der Waals surface area contributed by atoms with Crippen molar-refractivity contribution in [1.82, 2.24) is 61.5 Å². The second kappa shape index (κ2) is 32.6. The highest BCUT2D eigenvalue weighted by atomic mass is 32.1. The van der Waals surface area contributed by atoms with Gasteiger partial charge < -0.3 is 87.4 Å². The van der Waals surface area contributed by atoms with Crippen LogP contribution in [0.15, 0.2) is 109 Å². The molecule has 107 heavy (non-hydrogen) atoms. The molecule has 4 amide bonds. The molecule has 0 unspecified atom stereocenters. The lowest BCUT2D eigenvalue weighted by atomic mass is 9.77. The van der Waals surface area contributed by atoms with Gasteiger partial charge in [-0.3, -0.25) is 24.0 Å². The van der Waals surface area contributed by atoms with Crippen molar-refractivity contribution in [2.24, 2.45) is 23.7 Å². The number of thiocarbonyl (C=S) groups is 1. The summed E-state index contributed by atoms with van der Waals surface area (Å²) in [5, 5.41) is 79.4. The predicted molar refractivity (Wildman–Crippen MR) is 383 cm³/mol. The van der Waals surface area contributed by atoms with Crippen LogP contribution in [0.25, 0.3) is 16.9 Å². The number of hydrogen-bond acceptors (Lipinski definition) is 25. The molecule has 0 radical (unpaired) electrons. The molecule has 4 aliphatic rings. The quantitative estimate of drug-likeness (QED) is 0.0106. The number of alkyl carbamates (subject to hydrolysis) is 1. The predicted octanol–water partition coefficient (Wildman–Crippen LogP) is 5.99. The van der Waals surface area contributed by atoms with Gasteiger partial charge in [-0.05, 0) is 173 Å². The number of Topliss-reactive ketones (excluding diaryl/α,β-unsaturated/α-hetero) is 1. The van der Waals surface area contributed by atoms with Gasteiger partial charge in [0.2, 0.25) is 17.7 Å². The number of aromatic hydroxyl groups is 3. The highest BCUT2D eigenvalue weighted by Gasteiger charge is 2.54. The number of aryl methyl sites for hydroxylation is 1. The molecule has 2 aliphatic carbocycles. The number of esters is 2. The number of aromatic nitrogens is 7. The van der Waals surface area contributed by atoms with Crippen molar-refractivity contribution in [3.8, 4) is 34.6 Å². The van der Waals surface area contributed by atoms with E-state index in [0.717, 1.165) is 37.0 Å². The summed E-state index contributed by atoms with van der Waals surface area (Å²) in [6, 6.07) is 24.6. The number of ketones is 1. The Hall–Kier alpha value is -12.6. The van der Waals surface area contributed by atoms with Gasteiger partial charge in [0, 0.05) is 90.2 Å². The Morgan fingerprint density at radius 2 is 1.40 bits per heavy atom. The van der Waals surface area contributed by atoms with Gasteiger partial charge in [0.05, 0.1) is 60.7 Å². The van der Waals surface area contributed by atoms with E-state index in [9.17, 15) is 68.7 Å². The van der Waals surface area contributed by atoms with Crippen molar-refractivity contribution in [1.29, 1.82) is 0 Å². The Balaban J connectivity index is 0.519. The number of ether oxygens (including phenoxy) is 4. The lowest BCUT2D eigenvalue weighted by Gasteiger charge is -2.36. The number of carboxylic acid groups (broad SMARTS) is 2. The van der Waals surface area contributed by atoms with E-state index in [0.29, 0.717) is 76.8 Å². The van der Waals surface area contributed by atoms with Gasteiger partial charge in [0.1, 0.15) is 40.9 Å². The summed E-state index contributed by atoms with van der Waals surface area (Å²) in [6.45, 7) is 1.13. The Bertz CT molecular complexity index is 4740. The van der Waals surface area contributed by atoms with E-state index in [2.05, 4.69) is 67.5 Å². The van der Waals surface area contributed by atoms with Gasteiger partial charge in [0.25, 0.3) is 11.8 Å². The van der Waals surface area contributed by atoms with E-state index in [-0.39, 0.29) is 127 Å². The van der Waals surface area contributed by atoms with Crippen LogP contribution in [0.4, 0.5) is 22.1 Å². The Labute approximate surface area is 614 Å². The van der Waals surface area contributed by atoms with Crippen molar-refractivity contribution >= 4 is 99.3 Å². The van der Waals surface area contributed by atoms with E-state index in [1.165, 1.54) is 42.6 Å². The summed E-state index contributed by atoms with van der Waals surface area (Å²) in [4.78, 5) is 132. The molecule has 0 saturated heterocycles. The molecule has 12 rings (SSSR count).